The van der Waals surface area contributed by atoms with Crippen molar-refractivity contribution in [3.05, 3.63) is 76.3 Å². The molecule has 11 heteroatoms. The maximum atomic E-state index is 13.2. The third-order valence-corrected chi connectivity index (χ3v) is 7.83. The predicted molar refractivity (Wildman–Crippen MR) is 147 cm³/mol. The number of nitro benzene ring substituents is 1. The number of non-ortho nitro benzene ring substituents is 1. The van der Waals surface area contributed by atoms with E-state index < -0.39 is 10.2 Å². The molecule has 0 aromatic heterocycles. The van der Waals surface area contributed by atoms with Gasteiger partial charge < -0.3 is 28.7 Å². The maximum Gasteiger partial charge on any atom is 0.270 e. The lowest BCUT2D eigenvalue weighted by Crippen LogP contribution is -2.34. The number of hydrogen-bond donors (Lipinski definition) is 0. The number of benzene rings is 3. The minimum absolute atomic E-state index is 0.0746. The average Bonchev–Trinajstić information content (AvgIpc) is 3.41. The van der Waals surface area contributed by atoms with Crippen molar-refractivity contribution >= 4 is 29.0 Å². The van der Waals surface area contributed by atoms with Crippen LogP contribution in [0.3, 0.4) is 0 Å². The molecule has 1 amide bonds. The summed E-state index contributed by atoms with van der Waals surface area (Å²) < 4.78 is 22.6. The van der Waals surface area contributed by atoms with Gasteiger partial charge in [0.15, 0.2) is 11.5 Å². The van der Waals surface area contributed by atoms with Gasteiger partial charge in [-0.15, -0.1) is 11.8 Å². The molecular formula is C28H29N3O7S. The lowest BCUT2D eigenvalue weighted by molar-refractivity contribution is -0.384. The Kier molecular flexibility index (Phi) is 8.08. The van der Waals surface area contributed by atoms with Crippen LogP contribution in [0.25, 0.3) is 0 Å². The van der Waals surface area contributed by atoms with Gasteiger partial charge in [0.25, 0.3) is 5.69 Å². The molecule has 204 valence electrons. The maximum absolute atomic E-state index is 13.2. The Labute approximate surface area is 230 Å². The first-order chi connectivity index (χ1) is 18.9. The second-order valence-corrected chi connectivity index (χ2v) is 10.4. The van der Waals surface area contributed by atoms with E-state index in [0.29, 0.717) is 30.3 Å². The Hall–Kier alpha value is -3.96. The molecule has 1 unspecified atom stereocenters. The third-order valence-electron chi connectivity index (χ3n) is 6.54. The largest absolute Gasteiger partial charge is 0.493 e. The van der Waals surface area contributed by atoms with Crippen molar-refractivity contribution in [3.63, 3.8) is 0 Å². The molecule has 39 heavy (non-hydrogen) atoms. The quantitative estimate of drug-likeness (QED) is 0.187. The number of ether oxygens (including phenoxy) is 4. The van der Waals surface area contributed by atoms with Crippen LogP contribution in [0.4, 0.5) is 11.4 Å². The van der Waals surface area contributed by atoms with Gasteiger partial charge >= 0.3 is 0 Å². The van der Waals surface area contributed by atoms with Crippen LogP contribution in [0.5, 0.6) is 23.0 Å². The molecule has 0 saturated heterocycles. The SMILES string of the molecule is CN(CCCOc1ccc([N+](=O)[O-])cc1C1Sc2ccccc2N(C)C1=O)CCOc1ccc2c(c1)OCO2. The summed E-state index contributed by atoms with van der Waals surface area (Å²) in [4.78, 5) is 29.0. The molecule has 0 aliphatic carbocycles. The summed E-state index contributed by atoms with van der Waals surface area (Å²) in [6.07, 6.45) is 0.728. The Morgan fingerprint density at radius 2 is 1.87 bits per heavy atom. The fourth-order valence-corrected chi connectivity index (χ4v) is 5.71. The summed E-state index contributed by atoms with van der Waals surface area (Å²) in [5.41, 5.74) is 1.25. The van der Waals surface area contributed by atoms with Gasteiger partial charge in [0.1, 0.15) is 23.4 Å². The highest BCUT2D eigenvalue weighted by Crippen LogP contribution is 2.48. The molecule has 2 aliphatic rings. The van der Waals surface area contributed by atoms with E-state index in [2.05, 4.69) is 4.90 Å². The number of anilines is 1. The number of carbonyl (C=O) groups is 1. The molecule has 10 nitrogen and oxygen atoms in total. The van der Waals surface area contributed by atoms with Crippen molar-refractivity contribution in [3.8, 4) is 23.0 Å². The molecule has 2 aliphatic heterocycles. The van der Waals surface area contributed by atoms with Crippen LogP contribution in [-0.4, -0.2) is 62.9 Å². The zero-order valence-corrected chi connectivity index (χ0v) is 22.5. The van der Waals surface area contributed by atoms with Gasteiger partial charge in [-0.2, -0.15) is 0 Å². The van der Waals surface area contributed by atoms with Gasteiger partial charge in [0.2, 0.25) is 12.7 Å². The van der Waals surface area contributed by atoms with Gasteiger partial charge in [-0.1, -0.05) is 12.1 Å². The van der Waals surface area contributed by atoms with Crippen molar-refractivity contribution in [2.45, 2.75) is 16.6 Å². The number of likely N-dealkylation sites (N-methyl/N-ethyl adjacent to an activating group) is 2. The summed E-state index contributed by atoms with van der Waals surface area (Å²) >= 11 is 1.38. The van der Waals surface area contributed by atoms with Crippen LogP contribution in [0.15, 0.2) is 65.6 Å². The topological polar surface area (TPSA) is 104 Å². The van der Waals surface area contributed by atoms with Gasteiger partial charge in [-0.05, 0) is 43.8 Å². The second-order valence-electron chi connectivity index (χ2n) is 9.21. The standard InChI is InChI=1S/C28H29N3O7S/c1-29(13-15-35-20-9-11-24-25(17-20)38-18-37-24)12-5-14-36-23-10-8-19(31(33)34)16-21(23)27-28(32)30(2)22-6-3-4-7-26(22)39-27/h3-4,6-11,16-17,27H,5,12-15,18H2,1-2H3. The van der Waals surface area contributed by atoms with Gasteiger partial charge in [0.05, 0.1) is 17.2 Å². The summed E-state index contributed by atoms with van der Waals surface area (Å²) in [6, 6.07) is 17.6. The van der Waals surface area contributed by atoms with E-state index >= 15 is 0 Å². The third kappa shape index (κ3) is 6.04. The van der Waals surface area contributed by atoms with Crippen molar-refractivity contribution in [2.24, 2.45) is 0 Å². The van der Waals surface area contributed by atoms with E-state index in [1.807, 2.05) is 49.5 Å². The smallest absolute Gasteiger partial charge is 0.270 e. The van der Waals surface area contributed by atoms with Crippen LogP contribution < -0.4 is 23.8 Å². The van der Waals surface area contributed by atoms with Crippen LogP contribution in [0.1, 0.15) is 17.2 Å². The molecular weight excluding hydrogens is 522 g/mol. The van der Waals surface area contributed by atoms with E-state index in [0.717, 1.165) is 41.6 Å². The fraction of sp³-hybridized carbons (Fsp3) is 0.321. The van der Waals surface area contributed by atoms with Crippen molar-refractivity contribution in [1.29, 1.82) is 0 Å². The van der Waals surface area contributed by atoms with E-state index in [4.69, 9.17) is 18.9 Å². The molecule has 0 fully saturated rings. The molecule has 0 N–H and O–H groups in total. The average molecular weight is 552 g/mol. The molecule has 1 atom stereocenters. The zero-order chi connectivity index (χ0) is 27.4. The first-order valence-corrected chi connectivity index (χ1v) is 13.4. The number of amides is 1. The minimum atomic E-state index is -0.643. The highest BCUT2D eigenvalue weighted by atomic mass is 32.2. The Bertz CT molecular complexity index is 1370. The van der Waals surface area contributed by atoms with E-state index in [-0.39, 0.29) is 18.4 Å². The first kappa shape index (κ1) is 26.6. The number of thioether (sulfide) groups is 1. The molecule has 0 bridgehead atoms. The fourth-order valence-electron chi connectivity index (χ4n) is 4.40. The van der Waals surface area contributed by atoms with Crippen LogP contribution in [0, 0.1) is 10.1 Å². The number of nitrogens with zero attached hydrogens (tertiary/aromatic N) is 3. The Balaban J connectivity index is 1.16. The number of para-hydroxylation sites is 1. The molecule has 5 rings (SSSR count). The summed E-state index contributed by atoms with van der Waals surface area (Å²) in [6.45, 7) is 2.62. The highest BCUT2D eigenvalue weighted by Gasteiger charge is 2.35. The molecule has 0 saturated carbocycles. The molecule has 2 heterocycles. The number of fused-ring (bicyclic) bond motifs is 2. The van der Waals surface area contributed by atoms with Crippen LogP contribution in [-0.2, 0) is 4.79 Å². The first-order valence-electron chi connectivity index (χ1n) is 12.6. The van der Waals surface area contributed by atoms with Crippen LogP contribution >= 0.6 is 11.8 Å². The molecule has 3 aromatic rings. The lowest BCUT2D eigenvalue weighted by atomic mass is 10.1. The second kappa shape index (κ2) is 11.8. The van der Waals surface area contributed by atoms with E-state index in [1.165, 1.54) is 23.9 Å². The van der Waals surface area contributed by atoms with Gasteiger partial charge in [-0.3, -0.25) is 14.9 Å². The monoisotopic (exact) mass is 551 g/mol. The van der Waals surface area contributed by atoms with Crippen molar-refractivity contribution in [1.82, 2.24) is 4.90 Å². The van der Waals surface area contributed by atoms with Crippen molar-refractivity contribution < 1.29 is 28.7 Å². The van der Waals surface area contributed by atoms with E-state index in [9.17, 15) is 14.9 Å². The minimum Gasteiger partial charge on any atom is -0.493 e. The number of nitro groups is 1. The normalized spacial score (nSPS) is 15.8. The highest BCUT2D eigenvalue weighted by molar-refractivity contribution is 8.00. The van der Waals surface area contributed by atoms with Crippen molar-refractivity contribution in [2.75, 3.05) is 52.1 Å². The lowest BCUT2D eigenvalue weighted by Gasteiger charge is -2.31. The Morgan fingerprint density at radius 3 is 2.72 bits per heavy atom. The molecule has 0 spiro atoms. The van der Waals surface area contributed by atoms with Gasteiger partial charge in [0, 0.05) is 48.8 Å². The summed E-state index contributed by atoms with van der Waals surface area (Å²) in [7, 11) is 3.72. The number of carbonyl (C=O) groups excluding carboxylic acids is 1. The molecule has 0 radical (unpaired) electrons. The molecule has 3 aromatic carbocycles. The van der Waals surface area contributed by atoms with E-state index in [1.54, 1.807) is 18.0 Å². The predicted octanol–water partition coefficient (Wildman–Crippen LogP) is 4.91. The number of hydrogen-bond acceptors (Lipinski definition) is 9. The zero-order valence-electron chi connectivity index (χ0n) is 21.7. The Morgan fingerprint density at radius 1 is 1.05 bits per heavy atom. The summed E-state index contributed by atoms with van der Waals surface area (Å²) in [5.74, 6) is 2.47. The number of rotatable bonds is 11. The van der Waals surface area contributed by atoms with Crippen LogP contribution in [0.2, 0.25) is 0 Å². The van der Waals surface area contributed by atoms with Gasteiger partial charge in [-0.25, -0.2) is 0 Å². The summed E-state index contributed by atoms with van der Waals surface area (Å²) in [5, 5.41) is 10.8.